The molecule has 1 spiro atoms. The van der Waals surface area contributed by atoms with E-state index < -0.39 is 5.60 Å². The first-order valence-corrected chi connectivity index (χ1v) is 10.9. The van der Waals surface area contributed by atoms with Gasteiger partial charge in [-0.05, 0) is 107 Å². The SMILES string of the molecule is CC(=O)C1=C(C)C23CCC4C(CCC5CC(C)(O)CCC54C)C2CC=C13. The van der Waals surface area contributed by atoms with Gasteiger partial charge in [-0.15, -0.1) is 0 Å². The number of hydrogen-bond acceptors (Lipinski definition) is 2. The van der Waals surface area contributed by atoms with Gasteiger partial charge in [0.2, 0.25) is 0 Å². The van der Waals surface area contributed by atoms with Crippen molar-refractivity contribution in [2.24, 2.45) is 34.5 Å². The number of carbonyl (C=O) groups excluding carboxylic acids is 1. The number of allylic oxidation sites excluding steroid dienone is 4. The van der Waals surface area contributed by atoms with Gasteiger partial charge in [-0.2, -0.15) is 0 Å². The molecule has 0 bridgehead atoms. The summed E-state index contributed by atoms with van der Waals surface area (Å²) >= 11 is 0. The first kappa shape index (κ1) is 17.2. The number of hydrogen-bond donors (Lipinski definition) is 1. The Kier molecular flexibility index (Phi) is 3.40. The number of Topliss-reactive ketones (excluding diaryl/α,β-unsaturated/α-hetero) is 1. The molecule has 1 N–H and O–H groups in total. The Morgan fingerprint density at radius 2 is 1.88 bits per heavy atom. The first-order chi connectivity index (χ1) is 12.2. The lowest BCUT2D eigenvalue weighted by atomic mass is 9.41. The standard InChI is InChI=1S/C24H34O2/c1-14-21(15(2)25)20-8-7-19-17-6-5-16-13-22(3,26)11-12-23(16,4)18(17)9-10-24(14,19)20/h8,16-19,26H,5-7,9-13H2,1-4H3. The van der Waals surface area contributed by atoms with Crippen LogP contribution in [-0.2, 0) is 4.79 Å². The van der Waals surface area contributed by atoms with Crippen LogP contribution in [0.3, 0.4) is 0 Å². The maximum atomic E-state index is 12.1. The van der Waals surface area contributed by atoms with Crippen LogP contribution in [0.5, 0.6) is 0 Å². The molecule has 0 heterocycles. The Morgan fingerprint density at radius 3 is 2.62 bits per heavy atom. The third-order valence-corrected chi connectivity index (χ3v) is 9.75. The van der Waals surface area contributed by atoms with E-state index in [-0.39, 0.29) is 11.2 Å². The predicted molar refractivity (Wildman–Crippen MR) is 104 cm³/mol. The summed E-state index contributed by atoms with van der Waals surface area (Å²) in [5.74, 6) is 3.33. The van der Waals surface area contributed by atoms with Gasteiger partial charge in [0, 0.05) is 11.0 Å². The second kappa shape index (κ2) is 5.13. The van der Waals surface area contributed by atoms with Crippen LogP contribution in [0.1, 0.15) is 79.1 Å². The number of ketones is 1. The lowest BCUT2D eigenvalue weighted by molar-refractivity contribution is -0.139. The normalized spacial score (nSPS) is 52.3. The summed E-state index contributed by atoms with van der Waals surface area (Å²) in [5.41, 5.74) is 4.13. The zero-order valence-corrected chi connectivity index (χ0v) is 16.9. The summed E-state index contributed by atoms with van der Waals surface area (Å²) < 4.78 is 0. The molecule has 3 saturated carbocycles. The molecule has 142 valence electrons. The Balaban J connectivity index is 1.47. The molecule has 0 aliphatic heterocycles. The van der Waals surface area contributed by atoms with Gasteiger partial charge in [0.1, 0.15) is 0 Å². The Morgan fingerprint density at radius 1 is 1.12 bits per heavy atom. The van der Waals surface area contributed by atoms with Crippen LogP contribution in [0.2, 0.25) is 0 Å². The smallest absolute Gasteiger partial charge is 0.160 e. The molecule has 3 fully saturated rings. The minimum Gasteiger partial charge on any atom is -0.390 e. The molecule has 5 rings (SSSR count). The number of fused-ring (bicyclic) bond motifs is 4. The van der Waals surface area contributed by atoms with Gasteiger partial charge in [-0.3, -0.25) is 4.79 Å². The van der Waals surface area contributed by atoms with Crippen molar-refractivity contribution >= 4 is 5.78 Å². The predicted octanol–water partition coefficient (Wildman–Crippen LogP) is 5.22. The Hall–Kier alpha value is -0.890. The maximum Gasteiger partial charge on any atom is 0.160 e. The topological polar surface area (TPSA) is 37.3 Å². The molecule has 0 radical (unpaired) electrons. The Bertz CT molecular complexity index is 741. The maximum absolute atomic E-state index is 12.1. The fourth-order valence-electron chi connectivity index (χ4n) is 8.52. The highest BCUT2D eigenvalue weighted by atomic mass is 16.3. The third-order valence-electron chi connectivity index (χ3n) is 9.75. The summed E-state index contributed by atoms with van der Waals surface area (Å²) in [5, 5.41) is 10.6. The van der Waals surface area contributed by atoms with Crippen molar-refractivity contribution in [2.45, 2.75) is 84.7 Å². The van der Waals surface area contributed by atoms with Gasteiger partial charge >= 0.3 is 0 Å². The molecule has 7 unspecified atom stereocenters. The van der Waals surface area contributed by atoms with Gasteiger partial charge < -0.3 is 5.11 Å². The van der Waals surface area contributed by atoms with E-state index in [1.54, 1.807) is 6.92 Å². The fraction of sp³-hybridized carbons (Fsp3) is 0.792. The zero-order valence-electron chi connectivity index (χ0n) is 16.9. The minimum absolute atomic E-state index is 0.255. The van der Waals surface area contributed by atoms with Crippen molar-refractivity contribution in [2.75, 3.05) is 0 Å². The highest BCUT2D eigenvalue weighted by molar-refractivity contribution is 6.02. The van der Waals surface area contributed by atoms with E-state index in [0.717, 1.165) is 36.2 Å². The van der Waals surface area contributed by atoms with E-state index in [9.17, 15) is 9.90 Å². The van der Waals surface area contributed by atoms with E-state index in [2.05, 4.69) is 19.9 Å². The van der Waals surface area contributed by atoms with E-state index >= 15 is 0 Å². The molecule has 0 saturated heterocycles. The van der Waals surface area contributed by atoms with Crippen molar-refractivity contribution in [1.82, 2.24) is 0 Å². The van der Waals surface area contributed by atoms with E-state index in [1.807, 2.05) is 6.92 Å². The second-order valence-electron chi connectivity index (χ2n) is 10.8. The summed E-state index contributed by atoms with van der Waals surface area (Å²) in [6, 6.07) is 0. The molecule has 0 amide bonds. The van der Waals surface area contributed by atoms with E-state index in [0.29, 0.717) is 11.3 Å². The van der Waals surface area contributed by atoms with Crippen molar-refractivity contribution in [3.05, 3.63) is 22.8 Å². The highest BCUT2D eigenvalue weighted by Gasteiger charge is 2.64. The van der Waals surface area contributed by atoms with Crippen LogP contribution in [-0.4, -0.2) is 16.5 Å². The van der Waals surface area contributed by atoms with Gasteiger partial charge in [-0.1, -0.05) is 18.6 Å². The van der Waals surface area contributed by atoms with Crippen LogP contribution in [0.15, 0.2) is 22.8 Å². The Labute approximate surface area is 158 Å². The minimum atomic E-state index is -0.446. The van der Waals surface area contributed by atoms with Crippen molar-refractivity contribution in [3.8, 4) is 0 Å². The quantitative estimate of drug-likeness (QED) is 0.701. The molecule has 0 aromatic heterocycles. The second-order valence-corrected chi connectivity index (χ2v) is 10.8. The van der Waals surface area contributed by atoms with Crippen molar-refractivity contribution in [1.29, 1.82) is 0 Å². The molecule has 2 heteroatoms. The van der Waals surface area contributed by atoms with Crippen LogP contribution in [0.4, 0.5) is 0 Å². The molecule has 0 aromatic rings. The molecular weight excluding hydrogens is 320 g/mol. The summed E-state index contributed by atoms with van der Waals surface area (Å²) in [6.07, 6.45) is 12.0. The summed E-state index contributed by atoms with van der Waals surface area (Å²) in [7, 11) is 0. The molecule has 5 aliphatic rings. The summed E-state index contributed by atoms with van der Waals surface area (Å²) in [4.78, 5) is 12.1. The molecule has 26 heavy (non-hydrogen) atoms. The average molecular weight is 355 g/mol. The zero-order chi connectivity index (χ0) is 18.5. The molecule has 5 aliphatic carbocycles. The van der Waals surface area contributed by atoms with Crippen LogP contribution < -0.4 is 0 Å². The van der Waals surface area contributed by atoms with Crippen LogP contribution in [0.25, 0.3) is 0 Å². The van der Waals surface area contributed by atoms with Gasteiger partial charge in [0.05, 0.1) is 5.60 Å². The largest absolute Gasteiger partial charge is 0.390 e. The molecule has 2 nitrogen and oxygen atoms in total. The van der Waals surface area contributed by atoms with Crippen LogP contribution in [0, 0.1) is 34.5 Å². The van der Waals surface area contributed by atoms with Crippen molar-refractivity contribution < 1.29 is 9.90 Å². The van der Waals surface area contributed by atoms with Gasteiger partial charge in [0.25, 0.3) is 0 Å². The van der Waals surface area contributed by atoms with E-state index in [1.165, 1.54) is 49.7 Å². The molecular formula is C24H34O2. The summed E-state index contributed by atoms with van der Waals surface area (Å²) in [6.45, 7) is 8.59. The average Bonchev–Trinajstić information content (AvgIpc) is 2.90. The first-order valence-electron chi connectivity index (χ1n) is 10.9. The monoisotopic (exact) mass is 354 g/mol. The fourth-order valence-corrected chi connectivity index (χ4v) is 8.52. The number of rotatable bonds is 1. The molecule has 0 aromatic carbocycles. The highest BCUT2D eigenvalue weighted by Crippen LogP contribution is 2.72. The van der Waals surface area contributed by atoms with E-state index in [4.69, 9.17) is 0 Å². The number of carbonyl (C=O) groups is 1. The van der Waals surface area contributed by atoms with Crippen molar-refractivity contribution in [3.63, 3.8) is 0 Å². The lowest BCUT2D eigenvalue weighted by Gasteiger charge is -2.64. The van der Waals surface area contributed by atoms with Crippen LogP contribution >= 0.6 is 0 Å². The van der Waals surface area contributed by atoms with Gasteiger partial charge in [-0.25, -0.2) is 0 Å². The third kappa shape index (κ3) is 1.90. The van der Waals surface area contributed by atoms with Gasteiger partial charge in [0.15, 0.2) is 5.78 Å². The molecule has 7 atom stereocenters. The lowest BCUT2D eigenvalue weighted by Crippen LogP contribution is -2.57. The number of aliphatic hydroxyl groups is 1.